The zero-order valence-corrected chi connectivity index (χ0v) is 16.7. The van der Waals surface area contributed by atoms with Crippen LogP contribution in [0.1, 0.15) is 21.5 Å². The van der Waals surface area contributed by atoms with E-state index in [1.807, 2.05) is 0 Å². The molecule has 4 rings (SSSR count). The first-order valence-corrected chi connectivity index (χ1v) is 9.65. The maximum absolute atomic E-state index is 13.0. The molecule has 3 aromatic carbocycles. The fraction of sp³-hybridized carbons (Fsp3) is 0.0833. The lowest BCUT2D eigenvalue weighted by molar-refractivity contribution is -0.133. The zero-order chi connectivity index (χ0) is 22.7. The smallest absolute Gasteiger partial charge is 0.335 e. The monoisotopic (exact) mass is 432 g/mol. The third kappa shape index (κ3) is 4.70. The van der Waals surface area contributed by atoms with Gasteiger partial charge in [-0.25, -0.2) is 14.2 Å². The molecule has 0 amide bonds. The number of ether oxygens (including phenoxy) is 1. The van der Waals surface area contributed by atoms with Crippen LogP contribution in [0.4, 0.5) is 4.39 Å². The standard InChI is InChI=1S/C24H17FN2O5/c25-18-7-3-15(4-8-18)11-22(28)32-19-9-10-21-20(12-19)23(29)27(14-26-21)13-16-1-5-17(6-2-16)24(30)31/h1-10,12,14H,11,13H2,(H,30,31). The Morgan fingerprint density at radius 2 is 1.66 bits per heavy atom. The maximum Gasteiger partial charge on any atom is 0.335 e. The number of aromatic carboxylic acids is 1. The summed E-state index contributed by atoms with van der Waals surface area (Å²) in [6, 6.07) is 16.3. The highest BCUT2D eigenvalue weighted by molar-refractivity contribution is 5.87. The number of carbonyl (C=O) groups is 2. The molecule has 1 aromatic heterocycles. The van der Waals surface area contributed by atoms with Crippen LogP contribution in [0.5, 0.6) is 5.75 Å². The number of hydrogen-bond acceptors (Lipinski definition) is 5. The highest BCUT2D eigenvalue weighted by atomic mass is 19.1. The first kappa shape index (κ1) is 20.9. The molecule has 0 atom stereocenters. The van der Waals surface area contributed by atoms with E-state index in [4.69, 9.17) is 9.84 Å². The van der Waals surface area contributed by atoms with Crippen LogP contribution in [0.25, 0.3) is 10.9 Å². The van der Waals surface area contributed by atoms with Gasteiger partial charge >= 0.3 is 11.9 Å². The van der Waals surface area contributed by atoms with Crippen LogP contribution < -0.4 is 10.3 Å². The van der Waals surface area contributed by atoms with Gasteiger partial charge in [-0.2, -0.15) is 0 Å². The molecular weight excluding hydrogens is 415 g/mol. The Bertz CT molecular complexity index is 1360. The summed E-state index contributed by atoms with van der Waals surface area (Å²) in [5.41, 5.74) is 1.62. The normalized spacial score (nSPS) is 10.8. The SMILES string of the molecule is O=C(Cc1ccc(F)cc1)Oc1ccc2ncn(Cc3ccc(C(=O)O)cc3)c(=O)c2c1. The van der Waals surface area contributed by atoms with Crippen molar-refractivity contribution in [1.82, 2.24) is 9.55 Å². The van der Waals surface area contributed by atoms with Gasteiger partial charge in [0, 0.05) is 0 Å². The number of benzene rings is 3. The summed E-state index contributed by atoms with van der Waals surface area (Å²) in [4.78, 5) is 40.4. The van der Waals surface area contributed by atoms with Crippen LogP contribution in [0, 0.1) is 5.82 Å². The lowest BCUT2D eigenvalue weighted by Gasteiger charge is -2.09. The Hall–Kier alpha value is -4.33. The molecule has 1 heterocycles. The van der Waals surface area contributed by atoms with Gasteiger partial charge in [0.05, 0.1) is 35.8 Å². The van der Waals surface area contributed by atoms with Gasteiger partial charge in [-0.3, -0.25) is 14.2 Å². The van der Waals surface area contributed by atoms with Crippen LogP contribution in [0.2, 0.25) is 0 Å². The van der Waals surface area contributed by atoms with Crippen LogP contribution in [0.3, 0.4) is 0 Å². The molecule has 0 aliphatic rings. The van der Waals surface area contributed by atoms with Gasteiger partial charge in [0.25, 0.3) is 5.56 Å². The van der Waals surface area contributed by atoms with E-state index in [9.17, 15) is 18.8 Å². The number of carbonyl (C=O) groups excluding carboxylic acids is 1. The fourth-order valence-corrected chi connectivity index (χ4v) is 3.20. The molecule has 4 aromatic rings. The lowest BCUT2D eigenvalue weighted by Crippen LogP contribution is -2.21. The second-order valence-corrected chi connectivity index (χ2v) is 7.14. The third-order valence-electron chi connectivity index (χ3n) is 4.84. The Balaban J connectivity index is 1.54. The van der Waals surface area contributed by atoms with E-state index < -0.39 is 17.8 Å². The molecular formula is C24H17FN2O5. The first-order chi connectivity index (χ1) is 15.4. The molecule has 0 aliphatic carbocycles. The lowest BCUT2D eigenvalue weighted by atomic mass is 10.1. The average Bonchev–Trinajstić information content (AvgIpc) is 2.78. The van der Waals surface area contributed by atoms with Gasteiger partial charge in [-0.05, 0) is 53.6 Å². The number of fused-ring (bicyclic) bond motifs is 1. The van der Waals surface area contributed by atoms with Crippen LogP contribution in [-0.4, -0.2) is 26.6 Å². The summed E-state index contributed by atoms with van der Waals surface area (Å²) in [6.45, 7) is 0.205. The van der Waals surface area contributed by atoms with Crippen LogP contribution in [0.15, 0.2) is 77.9 Å². The predicted octanol–water partition coefficient (Wildman–Crippen LogP) is 3.43. The predicted molar refractivity (Wildman–Crippen MR) is 114 cm³/mol. The van der Waals surface area contributed by atoms with Crippen molar-refractivity contribution in [3.05, 3.63) is 106 Å². The maximum atomic E-state index is 13.0. The first-order valence-electron chi connectivity index (χ1n) is 9.65. The number of nitrogens with zero attached hydrogens (tertiary/aromatic N) is 2. The summed E-state index contributed by atoms with van der Waals surface area (Å²) in [7, 11) is 0. The average molecular weight is 432 g/mol. The van der Waals surface area contributed by atoms with E-state index in [0.29, 0.717) is 11.1 Å². The molecule has 0 unspecified atom stereocenters. The minimum absolute atomic E-state index is 0.0398. The van der Waals surface area contributed by atoms with Gasteiger partial charge in [0.15, 0.2) is 0 Å². The Kier molecular flexibility index (Phi) is 5.76. The highest BCUT2D eigenvalue weighted by Gasteiger charge is 2.11. The summed E-state index contributed by atoms with van der Waals surface area (Å²) in [6.07, 6.45) is 1.37. The molecule has 1 N–H and O–H groups in total. The minimum Gasteiger partial charge on any atom is -0.478 e. The second kappa shape index (κ2) is 8.81. The molecule has 160 valence electrons. The molecule has 0 bridgehead atoms. The van der Waals surface area contributed by atoms with E-state index in [-0.39, 0.29) is 35.2 Å². The molecule has 0 radical (unpaired) electrons. The van der Waals surface area contributed by atoms with Crippen LogP contribution >= 0.6 is 0 Å². The number of esters is 1. The van der Waals surface area contributed by atoms with Crippen LogP contribution in [-0.2, 0) is 17.8 Å². The van der Waals surface area contributed by atoms with Crippen molar-refractivity contribution >= 4 is 22.8 Å². The molecule has 0 aliphatic heterocycles. The van der Waals surface area contributed by atoms with Crippen molar-refractivity contribution in [3.63, 3.8) is 0 Å². The highest BCUT2D eigenvalue weighted by Crippen LogP contribution is 2.18. The van der Waals surface area contributed by atoms with Crippen molar-refractivity contribution in [3.8, 4) is 5.75 Å². The third-order valence-corrected chi connectivity index (χ3v) is 4.84. The Labute approximate surface area is 181 Å². The fourth-order valence-electron chi connectivity index (χ4n) is 3.20. The van der Waals surface area contributed by atoms with E-state index in [2.05, 4.69) is 4.98 Å². The van der Waals surface area contributed by atoms with Gasteiger partial charge in [-0.1, -0.05) is 24.3 Å². The summed E-state index contributed by atoms with van der Waals surface area (Å²) < 4.78 is 19.7. The van der Waals surface area contributed by atoms with Crippen molar-refractivity contribution in [1.29, 1.82) is 0 Å². The van der Waals surface area contributed by atoms with Gasteiger partial charge in [0.1, 0.15) is 11.6 Å². The van der Waals surface area contributed by atoms with Gasteiger partial charge in [0.2, 0.25) is 0 Å². The van der Waals surface area contributed by atoms with Crippen molar-refractivity contribution in [2.75, 3.05) is 0 Å². The number of carboxylic acids is 1. The number of halogens is 1. The zero-order valence-electron chi connectivity index (χ0n) is 16.7. The molecule has 32 heavy (non-hydrogen) atoms. The minimum atomic E-state index is -1.03. The Morgan fingerprint density at radius 1 is 0.969 bits per heavy atom. The van der Waals surface area contributed by atoms with E-state index >= 15 is 0 Å². The summed E-state index contributed by atoms with van der Waals surface area (Å²) in [5.74, 6) is -1.76. The largest absolute Gasteiger partial charge is 0.478 e. The topological polar surface area (TPSA) is 98.5 Å². The summed E-state index contributed by atoms with van der Waals surface area (Å²) >= 11 is 0. The molecule has 0 saturated carbocycles. The van der Waals surface area contributed by atoms with E-state index in [1.54, 1.807) is 24.3 Å². The van der Waals surface area contributed by atoms with Crippen molar-refractivity contribution < 1.29 is 23.8 Å². The van der Waals surface area contributed by atoms with E-state index in [1.165, 1.54) is 53.4 Å². The molecule has 7 nitrogen and oxygen atoms in total. The number of carboxylic acid groups (broad SMARTS) is 1. The van der Waals surface area contributed by atoms with Crippen molar-refractivity contribution in [2.45, 2.75) is 13.0 Å². The number of aromatic nitrogens is 2. The summed E-state index contributed by atoms with van der Waals surface area (Å²) in [5, 5.41) is 9.27. The molecule has 0 fully saturated rings. The second-order valence-electron chi connectivity index (χ2n) is 7.14. The van der Waals surface area contributed by atoms with E-state index in [0.717, 1.165) is 5.56 Å². The molecule has 8 heteroatoms. The number of hydrogen-bond donors (Lipinski definition) is 1. The van der Waals surface area contributed by atoms with Gasteiger partial charge < -0.3 is 9.84 Å². The van der Waals surface area contributed by atoms with Crippen molar-refractivity contribution in [2.24, 2.45) is 0 Å². The number of rotatable bonds is 6. The van der Waals surface area contributed by atoms with Gasteiger partial charge in [-0.15, -0.1) is 0 Å². The molecule has 0 spiro atoms. The quantitative estimate of drug-likeness (QED) is 0.370. The Morgan fingerprint density at radius 3 is 2.34 bits per heavy atom. The molecule has 0 saturated heterocycles.